The van der Waals surface area contributed by atoms with E-state index in [1.165, 1.54) is 33.7 Å². The molecule has 0 heterocycles. The summed E-state index contributed by atoms with van der Waals surface area (Å²) in [6.07, 6.45) is 4.57. The van der Waals surface area contributed by atoms with Gasteiger partial charge in [-0.2, -0.15) is 9.98 Å². The summed E-state index contributed by atoms with van der Waals surface area (Å²) < 4.78 is 0. The van der Waals surface area contributed by atoms with Crippen molar-refractivity contribution in [3.8, 4) is 0 Å². The van der Waals surface area contributed by atoms with Crippen molar-refractivity contribution < 1.29 is 9.59 Å². The molecule has 78 valence electrons. The van der Waals surface area contributed by atoms with E-state index in [0.29, 0.717) is 0 Å². The number of rotatable bonds is 7. The number of aliphatic imine (C=N–C) groups is 2. The zero-order chi connectivity index (χ0) is 10.8. The third-order valence-corrected chi connectivity index (χ3v) is 4.47. The van der Waals surface area contributed by atoms with Gasteiger partial charge in [-0.3, -0.25) is 0 Å². The second-order valence-corrected chi connectivity index (χ2v) is 4.99. The maximum absolute atomic E-state index is 10.0. The van der Waals surface area contributed by atoms with Crippen molar-refractivity contribution >= 4 is 33.7 Å². The topological polar surface area (TPSA) is 58.9 Å². The van der Waals surface area contributed by atoms with Gasteiger partial charge in [0, 0.05) is 0 Å². The van der Waals surface area contributed by atoms with Crippen LogP contribution in [0.25, 0.3) is 0 Å². The van der Waals surface area contributed by atoms with Crippen molar-refractivity contribution in [2.45, 2.75) is 37.4 Å². The Balaban J connectivity index is 3.98. The lowest BCUT2D eigenvalue weighted by Gasteiger charge is -2.09. The Hall–Kier alpha value is -0.540. The number of carbonyl (C=O) groups excluding carboxylic acids is 2. The first-order valence-corrected chi connectivity index (χ1v) is 6.52. The van der Waals surface area contributed by atoms with Crippen LogP contribution in [0.5, 0.6) is 0 Å². The maximum Gasteiger partial charge on any atom is 0.236 e. The largest absolute Gasteiger partial charge is 0.236 e. The Kier molecular flexibility index (Phi) is 8.68. The van der Waals surface area contributed by atoms with Gasteiger partial charge in [-0.05, 0) is 12.8 Å². The van der Waals surface area contributed by atoms with Gasteiger partial charge in [0.25, 0.3) is 0 Å². The van der Waals surface area contributed by atoms with Crippen molar-refractivity contribution in [2.24, 2.45) is 9.98 Å². The summed E-state index contributed by atoms with van der Waals surface area (Å²) >= 11 is 0. The third kappa shape index (κ3) is 6.00. The molecule has 0 aliphatic carbocycles. The molecule has 0 rings (SSSR count). The van der Waals surface area contributed by atoms with E-state index < -0.39 is 0 Å². The summed E-state index contributed by atoms with van der Waals surface area (Å²) in [5.41, 5.74) is 0. The van der Waals surface area contributed by atoms with Crippen LogP contribution in [0.3, 0.4) is 0 Å². The third-order valence-electron chi connectivity index (χ3n) is 1.37. The Morgan fingerprint density at radius 1 is 1.00 bits per heavy atom. The van der Waals surface area contributed by atoms with E-state index in [9.17, 15) is 9.59 Å². The fourth-order valence-corrected chi connectivity index (χ4v) is 3.15. The van der Waals surface area contributed by atoms with E-state index in [0.717, 1.165) is 12.8 Å². The van der Waals surface area contributed by atoms with Gasteiger partial charge < -0.3 is 0 Å². The molecule has 0 aliphatic heterocycles. The van der Waals surface area contributed by atoms with Crippen molar-refractivity contribution in [1.29, 1.82) is 0 Å². The molecule has 14 heavy (non-hydrogen) atoms. The zero-order valence-corrected chi connectivity index (χ0v) is 9.73. The zero-order valence-electron chi connectivity index (χ0n) is 8.10. The van der Waals surface area contributed by atoms with Crippen molar-refractivity contribution in [3.63, 3.8) is 0 Å². The highest BCUT2D eigenvalue weighted by Crippen LogP contribution is 2.34. The van der Waals surface area contributed by atoms with Gasteiger partial charge in [0.1, 0.15) is 10.7 Å². The van der Waals surface area contributed by atoms with Gasteiger partial charge in [0.2, 0.25) is 12.2 Å². The average molecular weight is 232 g/mol. The Bertz CT molecular complexity index is 222. The number of nitrogens with zero attached hydrogens (tertiary/aromatic N) is 2. The summed E-state index contributed by atoms with van der Waals surface area (Å²) in [6.45, 7) is 3.87. The maximum atomic E-state index is 10.0. The standard InChI is InChI=1S/C8H12N2O2S2/c1-3-7(9-5-11)13-14-8(4-2)10-6-12/h7-8H,3-4H2,1-2H3. The van der Waals surface area contributed by atoms with E-state index in [-0.39, 0.29) is 10.7 Å². The molecule has 0 saturated carbocycles. The van der Waals surface area contributed by atoms with Crippen LogP contribution in [0.15, 0.2) is 9.98 Å². The van der Waals surface area contributed by atoms with Crippen molar-refractivity contribution in [1.82, 2.24) is 0 Å². The van der Waals surface area contributed by atoms with Crippen LogP contribution in [0.1, 0.15) is 26.7 Å². The smallest absolute Gasteiger partial charge is 0.211 e. The van der Waals surface area contributed by atoms with E-state index in [4.69, 9.17) is 0 Å². The van der Waals surface area contributed by atoms with Crippen LogP contribution in [0.4, 0.5) is 0 Å². The van der Waals surface area contributed by atoms with Crippen LogP contribution in [-0.2, 0) is 9.59 Å². The molecular weight excluding hydrogens is 220 g/mol. The van der Waals surface area contributed by atoms with E-state index >= 15 is 0 Å². The molecule has 2 unspecified atom stereocenters. The molecule has 0 aromatic heterocycles. The molecular formula is C8H12N2O2S2. The molecule has 0 spiro atoms. The van der Waals surface area contributed by atoms with Crippen LogP contribution in [-0.4, -0.2) is 22.9 Å². The molecule has 0 N–H and O–H groups in total. The molecule has 0 aromatic carbocycles. The minimum Gasteiger partial charge on any atom is -0.211 e. The predicted octanol–water partition coefficient (Wildman–Crippen LogP) is 2.51. The van der Waals surface area contributed by atoms with Crippen molar-refractivity contribution in [3.05, 3.63) is 0 Å². The molecule has 0 aromatic rings. The second-order valence-electron chi connectivity index (χ2n) is 2.36. The van der Waals surface area contributed by atoms with Crippen LogP contribution < -0.4 is 0 Å². The minimum atomic E-state index is -0.103. The van der Waals surface area contributed by atoms with Gasteiger partial charge in [-0.1, -0.05) is 35.4 Å². The van der Waals surface area contributed by atoms with Gasteiger partial charge in [-0.25, -0.2) is 9.59 Å². The summed E-state index contributed by atoms with van der Waals surface area (Å²) in [5, 5.41) is -0.207. The van der Waals surface area contributed by atoms with Gasteiger partial charge in [0.05, 0.1) is 0 Å². The molecule has 2 atom stereocenters. The van der Waals surface area contributed by atoms with E-state index in [1.807, 2.05) is 13.8 Å². The first kappa shape index (κ1) is 13.5. The lowest BCUT2D eigenvalue weighted by atomic mass is 10.5. The fraction of sp³-hybridized carbons (Fsp3) is 0.750. The SMILES string of the molecule is CCC(N=C=O)SSC(CC)N=C=O. The number of isocyanates is 2. The Morgan fingerprint density at radius 2 is 1.36 bits per heavy atom. The lowest BCUT2D eigenvalue weighted by Crippen LogP contribution is -1.98. The first-order valence-electron chi connectivity index (χ1n) is 4.24. The normalized spacial score (nSPS) is 13.6. The summed E-state index contributed by atoms with van der Waals surface area (Å²) in [5.74, 6) is 0. The van der Waals surface area contributed by atoms with Gasteiger partial charge in [-0.15, -0.1) is 0 Å². The number of hydrogen-bond donors (Lipinski definition) is 0. The second kappa shape index (κ2) is 9.03. The minimum absolute atomic E-state index is 0.103. The van der Waals surface area contributed by atoms with Gasteiger partial charge in [0.15, 0.2) is 0 Å². The average Bonchev–Trinajstić information content (AvgIpc) is 2.22. The van der Waals surface area contributed by atoms with E-state index in [1.54, 1.807) is 0 Å². The highest BCUT2D eigenvalue weighted by atomic mass is 33.1. The first-order chi connectivity index (χ1) is 6.78. The Labute approximate surface area is 91.1 Å². The molecule has 4 nitrogen and oxygen atoms in total. The summed E-state index contributed by atoms with van der Waals surface area (Å²) in [4.78, 5) is 27.2. The lowest BCUT2D eigenvalue weighted by molar-refractivity contribution is 0.561. The van der Waals surface area contributed by atoms with Crippen LogP contribution in [0, 0.1) is 0 Å². The summed E-state index contributed by atoms with van der Waals surface area (Å²) in [6, 6.07) is 0. The fourth-order valence-electron chi connectivity index (χ4n) is 0.608. The highest BCUT2D eigenvalue weighted by Gasteiger charge is 2.10. The quantitative estimate of drug-likeness (QED) is 0.384. The van der Waals surface area contributed by atoms with E-state index in [2.05, 4.69) is 9.98 Å². The van der Waals surface area contributed by atoms with Gasteiger partial charge >= 0.3 is 0 Å². The molecule has 0 saturated heterocycles. The monoisotopic (exact) mass is 232 g/mol. The molecule has 0 aliphatic rings. The number of hydrogen-bond acceptors (Lipinski definition) is 6. The molecule has 6 heteroatoms. The molecule has 0 bridgehead atoms. The van der Waals surface area contributed by atoms with Crippen molar-refractivity contribution in [2.75, 3.05) is 0 Å². The molecule has 0 fully saturated rings. The summed E-state index contributed by atoms with van der Waals surface area (Å²) in [7, 11) is 2.87. The van der Waals surface area contributed by atoms with Crippen LogP contribution in [0.2, 0.25) is 0 Å². The Morgan fingerprint density at radius 3 is 1.57 bits per heavy atom. The predicted molar refractivity (Wildman–Crippen MR) is 59.6 cm³/mol. The van der Waals surface area contributed by atoms with Crippen LogP contribution >= 0.6 is 21.6 Å². The molecule has 0 radical (unpaired) electrons. The molecule has 0 amide bonds. The highest BCUT2D eigenvalue weighted by molar-refractivity contribution is 8.77.